The number of nitrogens with zero attached hydrogens (tertiary/aromatic N) is 1. The average Bonchev–Trinajstić information content (AvgIpc) is 2.18. The molecule has 0 saturated heterocycles. The number of benzene rings is 1. The summed E-state index contributed by atoms with van der Waals surface area (Å²) in [6.07, 6.45) is 6.55. The van der Waals surface area contributed by atoms with E-state index in [1.807, 2.05) is 0 Å². The van der Waals surface area contributed by atoms with Gasteiger partial charge in [0.15, 0.2) is 0 Å². The van der Waals surface area contributed by atoms with Crippen molar-refractivity contribution >= 4 is 5.69 Å². The molecule has 1 aliphatic rings. The Balaban J connectivity index is 2.34. The first kappa shape index (κ1) is 9.15. The zero-order valence-electron chi connectivity index (χ0n) is 8.53. The molecule has 0 fully saturated rings. The van der Waals surface area contributed by atoms with Crippen molar-refractivity contribution < 1.29 is 0 Å². The summed E-state index contributed by atoms with van der Waals surface area (Å²) in [5.41, 5.74) is 2.75. The molecule has 1 heteroatoms. The van der Waals surface area contributed by atoms with Gasteiger partial charge in [0.25, 0.3) is 0 Å². The molecule has 72 valence electrons. The highest BCUT2D eigenvalue weighted by Crippen LogP contribution is 2.28. The largest absolute Gasteiger partial charge is 0.360 e. The van der Waals surface area contributed by atoms with Crippen LogP contribution in [0.1, 0.15) is 12.5 Å². The molecule has 0 spiro atoms. The molecule has 1 aliphatic heterocycles. The van der Waals surface area contributed by atoms with Crippen LogP contribution in [-0.2, 0) is 6.42 Å². The maximum Gasteiger partial charge on any atom is 0.0791 e. The lowest BCUT2D eigenvalue weighted by Crippen LogP contribution is -2.34. The lowest BCUT2D eigenvalue weighted by Gasteiger charge is -2.33. The smallest absolute Gasteiger partial charge is 0.0791 e. The monoisotopic (exact) mass is 185 g/mol. The van der Waals surface area contributed by atoms with E-state index in [0.29, 0.717) is 5.92 Å². The molecule has 14 heavy (non-hydrogen) atoms. The highest BCUT2D eigenvalue weighted by molar-refractivity contribution is 5.56. The van der Waals surface area contributed by atoms with Crippen molar-refractivity contribution in [3.05, 3.63) is 29.8 Å². The zero-order chi connectivity index (χ0) is 9.97. The van der Waals surface area contributed by atoms with Gasteiger partial charge in [0.1, 0.15) is 0 Å². The number of terminal acetylenes is 1. The van der Waals surface area contributed by atoms with E-state index in [9.17, 15) is 0 Å². The number of anilines is 1. The van der Waals surface area contributed by atoms with Crippen LogP contribution >= 0.6 is 0 Å². The number of hydrogen-bond acceptors (Lipinski definition) is 1. The molecule has 1 aromatic rings. The molecule has 1 nitrogen and oxygen atoms in total. The SMILES string of the molecule is C#CCN1CC(C)Cc2ccccc21. The van der Waals surface area contributed by atoms with Gasteiger partial charge in [-0.1, -0.05) is 31.0 Å². The van der Waals surface area contributed by atoms with Gasteiger partial charge in [-0.2, -0.15) is 0 Å². The van der Waals surface area contributed by atoms with Gasteiger partial charge >= 0.3 is 0 Å². The Morgan fingerprint density at radius 3 is 3.07 bits per heavy atom. The number of para-hydroxylation sites is 1. The van der Waals surface area contributed by atoms with E-state index in [4.69, 9.17) is 6.42 Å². The van der Waals surface area contributed by atoms with Gasteiger partial charge in [-0.3, -0.25) is 0 Å². The van der Waals surface area contributed by atoms with Gasteiger partial charge in [-0.15, -0.1) is 6.42 Å². The van der Waals surface area contributed by atoms with Crippen LogP contribution < -0.4 is 4.90 Å². The lowest BCUT2D eigenvalue weighted by molar-refractivity contribution is 0.544. The van der Waals surface area contributed by atoms with E-state index >= 15 is 0 Å². The summed E-state index contributed by atoms with van der Waals surface area (Å²) in [7, 11) is 0. The maximum absolute atomic E-state index is 5.37. The van der Waals surface area contributed by atoms with Crippen molar-refractivity contribution in [2.75, 3.05) is 18.0 Å². The van der Waals surface area contributed by atoms with Gasteiger partial charge < -0.3 is 4.90 Å². The fraction of sp³-hybridized carbons (Fsp3) is 0.385. The standard InChI is InChI=1S/C13H15N/c1-3-8-14-10-11(2)9-12-6-4-5-7-13(12)14/h1,4-7,11H,8-10H2,2H3. The second-order valence-corrected chi connectivity index (χ2v) is 4.02. The van der Waals surface area contributed by atoms with Crippen LogP contribution in [-0.4, -0.2) is 13.1 Å². The van der Waals surface area contributed by atoms with Crippen LogP contribution in [0.2, 0.25) is 0 Å². The minimum Gasteiger partial charge on any atom is -0.360 e. The molecule has 1 atom stereocenters. The Morgan fingerprint density at radius 1 is 1.50 bits per heavy atom. The van der Waals surface area contributed by atoms with Gasteiger partial charge in [-0.25, -0.2) is 0 Å². The molecule has 2 rings (SSSR count). The van der Waals surface area contributed by atoms with Crippen LogP contribution in [0.3, 0.4) is 0 Å². The number of hydrogen-bond donors (Lipinski definition) is 0. The first-order valence-corrected chi connectivity index (χ1v) is 5.07. The van der Waals surface area contributed by atoms with E-state index in [1.54, 1.807) is 0 Å². The molecule has 0 aliphatic carbocycles. The summed E-state index contributed by atoms with van der Waals surface area (Å²) in [5.74, 6) is 3.43. The fourth-order valence-corrected chi connectivity index (χ4v) is 2.17. The Kier molecular flexibility index (Phi) is 2.45. The van der Waals surface area contributed by atoms with E-state index in [0.717, 1.165) is 13.1 Å². The van der Waals surface area contributed by atoms with Crippen molar-refractivity contribution in [2.45, 2.75) is 13.3 Å². The molecule has 0 bridgehead atoms. The van der Waals surface area contributed by atoms with Crippen molar-refractivity contribution in [1.82, 2.24) is 0 Å². The zero-order valence-corrected chi connectivity index (χ0v) is 8.53. The van der Waals surface area contributed by atoms with Gasteiger partial charge in [-0.05, 0) is 24.0 Å². The molecule has 1 heterocycles. The topological polar surface area (TPSA) is 3.24 Å². The third-order valence-electron chi connectivity index (χ3n) is 2.71. The van der Waals surface area contributed by atoms with Crippen molar-refractivity contribution in [3.8, 4) is 12.3 Å². The molecule has 1 aromatic carbocycles. The summed E-state index contributed by atoms with van der Waals surface area (Å²) in [6.45, 7) is 4.09. The van der Waals surface area contributed by atoms with Crippen LogP contribution in [0, 0.1) is 18.3 Å². The minimum absolute atomic E-state index is 0.707. The Morgan fingerprint density at radius 2 is 2.29 bits per heavy atom. The van der Waals surface area contributed by atoms with E-state index in [2.05, 4.69) is 42.0 Å². The second kappa shape index (κ2) is 3.75. The van der Waals surface area contributed by atoms with Gasteiger partial charge in [0, 0.05) is 12.2 Å². The molecule has 0 saturated carbocycles. The minimum atomic E-state index is 0.707. The Hall–Kier alpha value is -1.42. The second-order valence-electron chi connectivity index (χ2n) is 4.02. The van der Waals surface area contributed by atoms with E-state index < -0.39 is 0 Å². The normalized spacial score (nSPS) is 20.0. The maximum atomic E-state index is 5.37. The van der Waals surface area contributed by atoms with Crippen molar-refractivity contribution in [1.29, 1.82) is 0 Å². The molecule has 0 radical (unpaired) electrons. The average molecular weight is 185 g/mol. The summed E-state index contributed by atoms with van der Waals surface area (Å²) >= 11 is 0. The summed E-state index contributed by atoms with van der Waals surface area (Å²) < 4.78 is 0. The molecule has 0 amide bonds. The third-order valence-corrected chi connectivity index (χ3v) is 2.71. The summed E-state index contributed by atoms with van der Waals surface area (Å²) in [4.78, 5) is 2.30. The van der Waals surface area contributed by atoms with Crippen LogP contribution in [0.5, 0.6) is 0 Å². The van der Waals surface area contributed by atoms with E-state index in [-0.39, 0.29) is 0 Å². The van der Waals surface area contributed by atoms with E-state index in [1.165, 1.54) is 17.7 Å². The quantitative estimate of drug-likeness (QED) is 0.607. The molecular formula is C13H15N. The predicted octanol–water partition coefficient (Wildman–Crippen LogP) is 2.32. The Bertz CT molecular complexity index is 362. The van der Waals surface area contributed by atoms with Gasteiger partial charge in [0.05, 0.1) is 6.54 Å². The summed E-state index contributed by atoms with van der Waals surface area (Å²) in [5, 5.41) is 0. The number of rotatable bonds is 1. The van der Waals surface area contributed by atoms with Gasteiger partial charge in [0.2, 0.25) is 0 Å². The highest BCUT2D eigenvalue weighted by atomic mass is 15.1. The fourth-order valence-electron chi connectivity index (χ4n) is 2.17. The third kappa shape index (κ3) is 1.61. The predicted molar refractivity (Wildman–Crippen MR) is 60.4 cm³/mol. The van der Waals surface area contributed by atoms with Crippen molar-refractivity contribution in [3.63, 3.8) is 0 Å². The first-order chi connectivity index (χ1) is 6.81. The molecular weight excluding hydrogens is 170 g/mol. The Labute approximate surface area is 85.7 Å². The highest BCUT2D eigenvalue weighted by Gasteiger charge is 2.19. The van der Waals surface area contributed by atoms with Crippen LogP contribution in [0.25, 0.3) is 0 Å². The molecule has 0 N–H and O–H groups in total. The van der Waals surface area contributed by atoms with Crippen LogP contribution in [0.4, 0.5) is 5.69 Å². The molecule has 0 aromatic heterocycles. The summed E-state index contributed by atoms with van der Waals surface area (Å²) in [6, 6.07) is 8.55. The first-order valence-electron chi connectivity index (χ1n) is 5.07. The lowest BCUT2D eigenvalue weighted by atomic mass is 9.94. The van der Waals surface area contributed by atoms with Crippen molar-refractivity contribution in [2.24, 2.45) is 5.92 Å². The van der Waals surface area contributed by atoms with Crippen LogP contribution in [0.15, 0.2) is 24.3 Å². The molecule has 1 unspecified atom stereocenters. The number of fused-ring (bicyclic) bond motifs is 1.